The van der Waals surface area contributed by atoms with Gasteiger partial charge in [-0.2, -0.15) is 5.10 Å². The number of aryl methyl sites for hydroxylation is 3. The molecule has 0 saturated heterocycles. The van der Waals surface area contributed by atoms with Gasteiger partial charge in [0.2, 0.25) is 0 Å². The van der Waals surface area contributed by atoms with Crippen LogP contribution in [-0.4, -0.2) is 27.5 Å². The van der Waals surface area contributed by atoms with Crippen LogP contribution in [0.1, 0.15) is 35.6 Å². The van der Waals surface area contributed by atoms with Gasteiger partial charge in [-0.1, -0.05) is 18.2 Å². The second-order valence-electron chi connectivity index (χ2n) is 6.67. The summed E-state index contributed by atoms with van der Waals surface area (Å²) in [5.74, 6) is 0. The standard InChI is InChI=1S/C18H24N4O2/c1-18(24,16-10-21-22(2)11-16)12-20-17(23)19-9-13-6-7-14-4-3-5-15(14)8-13/h6-8,10-11,24H,3-5,9,12H2,1-2H3,(H2,19,20,23)/t18-/m0/s1. The van der Waals surface area contributed by atoms with Crippen molar-refractivity contribution in [2.24, 2.45) is 7.05 Å². The first kappa shape index (κ1) is 16.5. The first-order valence-corrected chi connectivity index (χ1v) is 8.28. The zero-order chi connectivity index (χ0) is 17.2. The summed E-state index contributed by atoms with van der Waals surface area (Å²) in [5.41, 5.74) is 3.44. The molecule has 6 heteroatoms. The third-order valence-corrected chi connectivity index (χ3v) is 4.54. The number of fused-ring (bicyclic) bond motifs is 1. The van der Waals surface area contributed by atoms with Gasteiger partial charge < -0.3 is 15.7 Å². The van der Waals surface area contributed by atoms with Crippen LogP contribution in [0.2, 0.25) is 0 Å². The van der Waals surface area contributed by atoms with Gasteiger partial charge in [0.25, 0.3) is 0 Å². The van der Waals surface area contributed by atoms with Crippen molar-refractivity contribution in [3.8, 4) is 0 Å². The van der Waals surface area contributed by atoms with Gasteiger partial charge >= 0.3 is 6.03 Å². The molecule has 1 aromatic heterocycles. The van der Waals surface area contributed by atoms with Crippen LogP contribution in [0.3, 0.4) is 0 Å². The normalized spacial score (nSPS) is 15.6. The van der Waals surface area contributed by atoms with E-state index in [-0.39, 0.29) is 12.6 Å². The van der Waals surface area contributed by atoms with Crippen LogP contribution in [0.25, 0.3) is 0 Å². The largest absolute Gasteiger partial charge is 0.383 e. The predicted octanol–water partition coefficient (Wildman–Crippen LogP) is 1.62. The maximum atomic E-state index is 12.0. The fourth-order valence-corrected chi connectivity index (χ4v) is 3.03. The Morgan fingerprint density at radius 3 is 2.88 bits per heavy atom. The third kappa shape index (κ3) is 3.76. The van der Waals surface area contributed by atoms with Gasteiger partial charge in [-0.25, -0.2) is 4.79 Å². The van der Waals surface area contributed by atoms with Crippen LogP contribution in [0.5, 0.6) is 0 Å². The number of amides is 2. The minimum Gasteiger partial charge on any atom is -0.383 e. The molecule has 1 aliphatic rings. The van der Waals surface area contributed by atoms with E-state index in [0.29, 0.717) is 12.1 Å². The van der Waals surface area contributed by atoms with Crippen molar-refractivity contribution in [3.63, 3.8) is 0 Å². The third-order valence-electron chi connectivity index (χ3n) is 4.54. The highest BCUT2D eigenvalue weighted by Gasteiger charge is 2.25. The summed E-state index contributed by atoms with van der Waals surface area (Å²) in [5, 5.41) is 20.0. The molecule has 2 aromatic rings. The molecular formula is C18H24N4O2. The molecule has 1 atom stereocenters. The number of nitrogens with zero attached hydrogens (tertiary/aromatic N) is 2. The number of hydrogen-bond acceptors (Lipinski definition) is 3. The number of carbonyl (C=O) groups is 1. The summed E-state index contributed by atoms with van der Waals surface area (Å²) in [6.45, 7) is 2.26. The molecule has 0 saturated carbocycles. The lowest BCUT2D eigenvalue weighted by atomic mass is 10.00. The fourth-order valence-electron chi connectivity index (χ4n) is 3.03. The number of benzene rings is 1. The summed E-state index contributed by atoms with van der Waals surface area (Å²) in [7, 11) is 1.79. The quantitative estimate of drug-likeness (QED) is 0.780. The Hall–Kier alpha value is -2.34. The molecule has 1 aromatic carbocycles. The zero-order valence-electron chi connectivity index (χ0n) is 14.2. The smallest absolute Gasteiger partial charge is 0.315 e. The zero-order valence-corrected chi connectivity index (χ0v) is 14.2. The Balaban J connectivity index is 1.49. The van der Waals surface area contributed by atoms with Crippen LogP contribution in [0.15, 0.2) is 30.6 Å². The number of aromatic nitrogens is 2. The van der Waals surface area contributed by atoms with Gasteiger partial charge in [0.15, 0.2) is 0 Å². The van der Waals surface area contributed by atoms with Gasteiger partial charge in [0.05, 0.1) is 12.7 Å². The number of urea groups is 1. The molecule has 0 unspecified atom stereocenters. The van der Waals surface area contributed by atoms with E-state index in [1.54, 1.807) is 31.0 Å². The topological polar surface area (TPSA) is 79.2 Å². The van der Waals surface area contributed by atoms with E-state index in [9.17, 15) is 9.90 Å². The second kappa shape index (κ2) is 6.65. The van der Waals surface area contributed by atoms with Crippen molar-refractivity contribution in [1.29, 1.82) is 0 Å². The number of hydrogen-bond donors (Lipinski definition) is 3. The Kier molecular flexibility index (Phi) is 4.57. The van der Waals surface area contributed by atoms with E-state index in [0.717, 1.165) is 18.4 Å². The van der Waals surface area contributed by atoms with Gasteiger partial charge in [-0.3, -0.25) is 4.68 Å². The van der Waals surface area contributed by atoms with Crippen LogP contribution >= 0.6 is 0 Å². The summed E-state index contributed by atoms with van der Waals surface area (Å²) in [6, 6.07) is 6.11. The number of carbonyl (C=O) groups excluding carboxylic acids is 1. The molecule has 6 nitrogen and oxygen atoms in total. The molecule has 3 rings (SSSR count). The summed E-state index contributed by atoms with van der Waals surface area (Å²) < 4.78 is 1.62. The SMILES string of the molecule is Cn1cc([C@@](C)(O)CNC(=O)NCc2ccc3c(c2)CCC3)cn1. The van der Waals surface area contributed by atoms with E-state index in [4.69, 9.17) is 0 Å². The van der Waals surface area contributed by atoms with E-state index in [1.807, 2.05) is 0 Å². The van der Waals surface area contributed by atoms with Gasteiger partial charge in [-0.05, 0) is 42.9 Å². The van der Waals surface area contributed by atoms with Crippen LogP contribution in [0.4, 0.5) is 4.79 Å². The molecule has 3 N–H and O–H groups in total. The highest BCUT2D eigenvalue weighted by Crippen LogP contribution is 2.22. The molecule has 128 valence electrons. The van der Waals surface area contributed by atoms with Crippen molar-refractivity contribution in [3.05, 3.63) is 52.8 Å². The molecule has 0 bridgehead atoms. The lowest BCUT2D eigenvalue weighted by molar-refractivity contribution is 0.0593. The summed E-state index contributed by atoms with van der Waals surface area (Å²) in [6.07, 6.45) is 6.85. The number of rotatable bonds is 5. The number of aliphatic hydroxyl groups is 1. The monoisotopic (exact) mass is 328 g/mol. The highest BCUT2D eigenvalue weighted by atomic mass is 16.3. The minimum absolute atomic E-state index is 0.120. The van der Waals surface area contributed by atoms with Gasteiger partial charge in [0.1, 0.15) is 5.60 Å². The van der Waals surface area contributed by atoms with E-state index < -0.39 is 5.60 Å². The summed E-state index contributed by atoms with van der Waals surface area (Å²) in [4.78, 5) is 12.0. The Labute approximate surface area is 141 Å². The highest BCUT2D eigenvalue weighted by molar-refractivity contribution is 5.73. The summed E-state index contributed by atoms with van der Waals surface area (Å²) >= 11 is 0. The van der Waals surface area contributed by atoms with E-state index in [1.165, 1.54) is 17.5 Å². The van der Waals surface area contributed by atoms with Crippen molar-refractivity contribution < 1.29 is 9.90 Å². The van der Waals surface area contributed by atoms with Crippen LogP contribution in [-0.2, 0) is 32.0 Å². The van der Waals surface area contributed by atoms with Crippen LogP contribution in [0, 0.1) is 0 Å². The Morgan fingerprint density at radius 2 is 2.12 bits per heavy atom. The predicted molar refractivity (Wildman–Crippen MR) is 91.5 cm³/mol. The first-order valence-electron chi connectivity index (χ1n) is 8.28. The average molecular weight is 328 g/mol. The molecule has 2 amide bonds. The van der Waals surface area contributed by atoms with E-state index in [2.05, 4.69) is 33.9 Å². The first-order chi connectivity index (χ1) is 11.4. The van der Waals surface area contributed by atoms with Crippen molar-refractivity contribution in [2.45, 2.75) is 38.3 Å². The minimum atomic E-state index is -1.15. The fraction of sp³-hybridized carbons (Fsp3) is 0.444. The molecule has 0 aliphatic heterocycles. The molecule has 1 heterocycles. The Bertz CT molecular complexity index is 736. The second-order valence-corrected chi connectivity index (χ2v) is 6.67. The van der Waals surface area contributed by atoms with Gasteiger partial charge in [-0.15, -0.1) is 0 Å². The van der Waals surface area contributed by atoms with E-state index >= 15 is 0 Å². The molecule has 0 radical (unpaired) electrons. The maximum Gasteiger partial charge on any atom is 0.315 e. The van der Waals surface area contributed by atoms with Crippen molar-refractivity contribution in [2.75, 3.05) is 6.54 Å². The lowest BCUT2D eigenvalue weighted by Crippen LogP contribution is -2.43. The molecule has 1 aliphatic carbocycles. The number of nitrogens with one attached hydrogen (secondary N) is 2. The average Bonchev–Trinajstić information content (AvgIpc) is 3.19. The van der Waals surface area contributed by atoms with Crippen LogP contribution < -0.4 is 10.6 Å². The molecule has 24 heavy (non-hydrogen) atoms. The van der Waals surface area contributed by atoms with Gasteiger partial charge in [0, 0.05) is 25.4 Å². The van der Waals surface area contributed by atoms with Crippen molar-refractivity contribution in [1.82, 2.24) is 20.4 Å². The van der Waals surface area contributed by atoms with Crippen molar-refractivity contribution >= 4 is 6.03 Å². The lowest BCUT2D eigenvalue weighted by Gasteiger charge is -2.22. The molecule has 0 fully saturated rings. The maximum absolute atomic E-state index is 12.0. The molecular weight excluding hydrogens is 304 g/mol. The molecule has 0 spiro atoms. The Morgan fingerprint density at radius 1 is 1.33 bits per heavy atom.